The summed E-state index contributed by atoms with van der Waals surface area (Å²) in [5, 5.41) is 2.88. The number of hydrogen-bond donors (Lipinski definition) is 1. The molecule has 0 aliphatic rings. The molecule has 2 aromatic carbocycles. The van der Waals surface area contributed by atoms with Gasteiger partial charge in [0.15, 0.2) is 11.5 Å². The quantitative estimate of drug-likeness (QED) is 0.601. The Bertz CT molecular complexity index is 1130. The summed E-state index contributed by atoms with van der Waals surface area (Å²) < 4.78 is 5.50. The van der Waals surface area contributed by atoms with Crippen molar-refractivity contribution in [3.63, 3.8) is 0 Å². The molecule has 1 amide bonds. The molecule has 2 aromatic heterocycles. The lowest BCUT2D eigenvalue weighted by atomic mass is 10.1. The van der Waals surface area contributed by atoms with Crippen LogP contribution in [0.1, 0.15) is 27.6 Å². The Morgan fingerprint density at radius 1 is 0.880 bits per heavy atom. The zero-order chi connectivity index (χ0) is 17.6. The van der Waals surface area contributed by atoms with Gasteiger partial charge in [0.2, 0.25) is 0 Å². The highest BCUT2D eigenvalue weighted by molar-refractivity contribution is 6.06. The first-order valence-electron chi connectivity index (χ1n) is 7.93. The summed E-state index contributed by atoms with van der Waals surface area (Å²) in [4.78, 5) is 25.8. The van der Waals surface area contributed by atoms with Gasteiger partial charge < -0.3 is 9.73 Å². The Morgan fingerprint density at radius 3 is 2.40 bits per heavy atom. The molecule has 0 unspecified atom stereocenters. The summed E-state index contributed by atoms with van der Waals surface area (Å²) >= 11 is 0. The minimum absolute atomic E-state index is 0.211. The van der Waals surface area contributed by atoms with E-state index in [1.807, 2.05) is 26.0 Å². The van der Waals surface area contributed by atoms with Gasteiger partial charge in [0.25, 0.3) is 5.91 Å². The van der Waals surface area contributed by atoms with Crippen LogP contribution in [-0.4, -0.2) is 20.9 Å². The number of benzene rings is 2. The van der Waals surface area contributed by atoms with Gasteiger partial charge >= 0.3 is 0 Å². The van der Waals surface area contributed by atoms with E-state index in [2.05, 4.69) is 20.3 Å². The summed E-state index contributed by atoms with van der Waals surface area (Å²) in [7, 11) is 0. The van der Waals surface area contributed by atoms with E-state index in [0.717, 1.165) is 22.4 Å². The van der Waals surface area contributed by atoms with Crippen molar-refractivity contribution in [1.82, 2.24) is 15.0 Å². The third-order valence-electron chi connectivity index (χ3n) is 4.09. The van der Waals surface area contributed by atoms with Crippen molar-refractivity contribution in [3.05, 3.63) is 59.2 Å². The molecule has 0 aliphatic heterocycles. The topological polar surface area (TPSA) is 80.9 Å². The number of carbonyl (C=O) groups is 1. The van der Waals surface area contributed by atoms with Gasteiger partial charge in [-0.05, 0) is 44.2 Å². The molecule has 0 aliphatic carbocycles. The van der Waals surface area contributed by atoms with Gasteiger partial charge in [-0.3, -0.25) is 4.79 Å². The highest BCUT2D eigenvalue weighted by Gasteiger charge is 2.10. The van der Waals surface area contributed by atoms with Gasteiger partial charge in [-0.15, -0.1) is 0 Å². The number of nitrogens with one attached hydrogen (secondary N) is 1. The minimum atomic E-state index is -0.211. The normalized spacial score (nSPS) is 11.2. The van der Waals surface area contributed by atoms with E-state index < -0.39 is 0 Å². The molecule has 0 bridgehead atoms. The number of oxazole rings is 1. The van der Waals surface area contributed by atoms with E-state index in [1.165, 1.54) is 0 Å². The van der Waals surface area contributed by atoms with E-state index in [0.29, 0.717) is 28.2 Å². The molecular formula is C19H16N4O2. The highest BCUT2D eigenvalue weighted by atomic mass is 16.3. The summed E-state index contributed by atoms with van der Waals surface area (Å²) in [6.45, 7) is 5.62. The van der Waals surface area contributed by atoms with Crippen molar-refractivity contribution in [3.8, 4) is 0 Å². The Labute approximate surface area is 143 Å². The summed E-state index contributed by atoms with van der Waals surface area (Å²) in [5.41, 5.74) is 5.82. The van der Waals surface area contributed by atoms with Crippen LogP contribution in [0.3, 0.4) is 0 Å². The summed E-state index contributed by atoms with van der Waals surface area (Å²) in [6, 6.07) is 10.7. The largest absolute Gasteiger partial charge is 0.441 e. The number of fused-ring (bicyclic) bond motifs is 2. The molecule has 4 aromatic rings. The van der Waals surface area contributed by atoms with Crippen LogP contribution in [0.2, 0.25) is 0 Å². The molecule has 124 valence electrons. The van der Waals surface area contributed by atoms with Gasteiger partial charge in [0.05, 0.1) is 22.4 Å². The molecule has 0 saturated heterocycles. The van der Waals surface area contributed by atoms with E-state index >= 15 is 0 Å². The average Bonchev–Trinajstić information content (AvgIpc) is 2.94. The summed E-state index contributed by atoms with van der Waals surface area (Å²) in [6.07, 6.45) is 0. The van der Waals surface area contributed by atoms with E-state index in [-0.39, 0.29) is 5.91 Å². The number of rotatable bonds is 2. The lowest BCUT2D eigenvalue weighted by Crippen LogP contribution is -2.12. The lowest BCUT2D eigenvalue weighted by Gasteiger charge is -2.07. The number of anilines is 1. The minimum Gasteiger partial charge on any atom is -0.441 e. The zero-order valence-electron chi connectivity index (χ0n) is 14.1. The fraction of sp³-hybridized carbons (Fsp3) is 0.158. The highest BCUT2D eigenvalue weighted by Crippen LogP contribution is 2.21. The van der Waals surface area contributed by atoms with Gasteiger partial charge in [-0.25, -0.2) is 15.0 Å². The van der Waals surface area contributed by atoms with Crippen LogP contribution in [-0.2, 0) is 0 Å². The number of hydrogen-bond acceptors (Lipinski definition) is 5. The molecular weight excluding hydrogens is 316 g/mol. The molecule has 2 heterocycles. The Hall–Kier alpha value is -3.28. The molecule has 0 saturated carbocycles. The fourth-order valence-corrected chi connectivity index (χ4v) is 2.69. The lowest BCUT2D eigenvalue weighted by molar-refractivity contribution is 0.102. The molecule has 25 heavy (non-hydrogen) atoms. The van der Waals surface area contributed by atoms with Crippen molar-refractivity contribution in [1.29, 1.82) is 0 Å². The van der Waals surface area contributed by atoms with Crippen molar-refractivity contribution in [2.75, 3.05) is 5.32 Å². The van der Waals surface area contributed by atoms with Crippen LogP contribution in [0.4, 0.5) is 5.69 Å². The fourth-order valence-electron chi connectivity index (χ4n) is 2.69. The zero-order valence-corrected chi connectivity index (χ0v) is 14.1. The average molecular weight is 332 g/mol. The van der Waals surface area contributed by atoms with Crippen LogP contribution in [0.25, 0.3) is 22.1 Å². The standard InChI is InChI=1S/C19H16N4O2/c1-10-11(2)21-17-8-13(4-6-15(17)20-10)19(24)23-14-5-7-16-18(9-14)25-12(3)22-16/h4-9H,1-3H3,(H,23,24). The Balaban J connectivity index is 1.65. The number of nitrogens with zero attached hydrogens (tertiary/aromatic N) is 3. The molecule has 0 spiro atoms. The van der Waals surface area contributed by atoms with Gasteiger partial charge in [0.1, 0.15) is 5.52 Å². The maximum absolute atomic E-state index is 12.5. The molecule has 0 atom stereocenters. The van der Waals surface area contributed by atoms with Crippen LogP contribution in [0.5, 0.6) is 0 Å². The third kappa shape index (κ3) is 2.82. The van der Waals surface area contributed by atoms with Gasteiger partial charge in [-0.2, -0.15) is 0 Å². The predicted octanol–water partition coefficient (Wildman–Crippen LogP) is 3.95. The van der Waals surface area contributed by atoms with Crippen LogP contribution >= 0.6 is 0 Å². The molecule has 6 nitrogen and oxygen atoms in total. The molecule has 1 N–H and O–H groups in total. The van der Waals surface area contributed by atoms with Gasteiger partial charge in [0, 0.05) is 24.2 Å². The molecule has 0 fully saturated rings. The van der Waals surface area contributed by atoms with Crippen LogP contribution < -0.4 is 5.32 Å². The third-order valence-corrected chi connectivity index (χ3v) is 4.09. The van der Waals surface area contributed by atoms with Crippen molar-refractivity contribution in [2.45, 2.75) is 20.8 Å². The van der Waals surface area contributed by atoms with E-state index in [9.17, 15) is 4.79 Å². The second kappa shape index (κ2) is 5.66. The summed E-state index contributed by atoms with van der Waals surface area (Å²) in [5.74, 6) is 0.384. The Morgan fingerprint density at radius 2 is 1.60 bits per heavy atom. The monoisotopic (exact) mass is 332 g/mol. The SMILES string of the molecule is Cc1nc2ccc(NC(=O)c3ccc4nc(C)c(C)nc4c3)cc2o1. The second-order valence-corrected chi connectivity index (χ2v) is 5.97. The molecule has 0 radical (unpaired) electrons. The maximum atomic E-state index is 12.5. The first kappa shape index (κ1) is 15.3. The van der Waals surface area contributed by atoms with Crippen molar-refractivity contribution in [2.24, 2.45) is 0 Å². The number of aryl methyl sites for hydroxylation is 3. The van der Waals surface area contributed by atoms with E-state index in [1.54, 1.807) is 31.2 Å². The first-order valence-corrected chi connectivity index (χ1v) is 7.93. The second-order valence-electron chi connectivity index (χ2n) is 5.97. The number of aromatic nitrogens is 3. The van der Waals surface area contributed by atoms with Crippen molar-refractivity contribution >= 4 is 33.7 Å². The molecule has 6 heteroatoms. The number of carbonyl (C=O) groups excluding carboxylic acids is 1. The number of amides is 1. The maximum Gasteiger partial charge on any atom is 0.255 e. The smallest absolute Gasteiger partial charge is 0.255 e. The van der Waals surface area contributed by atoms with Crippen LogP contribution in [0.15, 0.2) is 40.8 Å². The first-order chi connectivity index (χ1) is 12.0. The van der Waals surface area contributed by atoms with Gasteiger partial charge in [-0.1, -0.05) is 0 Å². The predicted molar refractivity (Wildman–Crippen MR) is 95.7 cm³/mol. The van der Waals surface area contributed by atoms with E-state index in [4.69, 9.17) is 4.42 Å². The molecule has 4 rings (SSSR count). The Kier molecular flexibility index (Phi) is 3.46. The van der Waals surface area contributed by atoms with Crippen LogP contribution in [0, 0.1) is 20.8 Å². The van der Waals surface area contributed by atoms with Crippen molar-refractivity contribution < 1.29 is 9.21 Å².